The van der Waals surface area contributed by atoms with Gasteiger partial charge in [-0.3, -0.25) is 0 Å². The molecule has 1 heterocycles. The molecule has 4 nitrogen and oxygen atoms in total. The van der Waals surface area contributed by atoms with E-state index in [0.29, 0.717) is 12.3 Å². The molecule has 1 unspecified atom stereocenters. The van der Waals surface area contributed by atoms with E-state index >= 15 is 0 Å². The van der Waals surface area contributed by atoms with E-state index in [4.69, 9.17) is 9.47 Å². The van der Waals surface area contributed by atoms with Crippen molar-refractivity contribution in [2.24, 2.45) is 0 Å². The zero-order chi connectivity index (χ0) is 15.1. The monoisotopic (exact) mass is 287 g/mol. The smallest absolute Gasteiger partial charge is 0.212 e. The molecule has 21 heavy (non-hydrogen) atoms. The van der Waals surface area contributed by atoms with Crippen LogP contribution < -0.4 is 9.47 Å². The van der Waals surface area contributed by atoms with Crippen LogP contribution >= 0.6 is 0 Å². The van der Waals surface area contributed by atoms with Crippen LogP contribution in [0.4, 0.5) is 0 Å². The predicted molar refractivity (Wildman–Crippen MR) is 81.8 cm³/mol. The maximum atomic E-state index is 10.1. The predicted octanol–water partition coefficient (Wildman–Crippen LogP) is 2.64. The molecule has 2 aromatic rings. The molecule has 0 amide bonds. The zero-order valence-electron chi connectivity index (χ0n) is 12.5. The topological polar surface area (TPSA) is 51.6 Å². The van der Waals surface area contributed by atoms with Crippen molar-refractivity contribution in [2.45, 2.75) is 25.4 Å². The van der Waals surface area contributed by atoms with Gasteiger partial charge in [0.15, 0.2) is 0 Å². The molecular formula is C17H21NO3. The van der Waals surface area contributed by atoms with Crippen molar-refractivity contribution in [3.63, 3.8) is 0 Å². The average Bonchev–Trinajstić information content (AvgIpc) is 2.54. The Morgan fingerprint density at radius 1 is 1.00 bits per heavy atom. The first-order chi connectivity index (χ1) is 10.2. The Kier molecular flexibility index (Phi) is 5.58. The van der Waals surface area contributed by atoms with E-state index in [1.54, 1.807) is 20.4 Å². The minimum Gasteiger partial charge on any atom is -0.497 e. The third kappa shape index (κ3) is 4.76. The number of rotatable bonds is 7. The summed E-state index contributed by atoms with van der Waals surface area (Å²) in [6.45, 7) is 0. The first-order valence-electron chi connectivity index (χ1n) is 7.01. The van der Waals surface area contributed by atoms with Crippen molar-refractivity contribution in [1.29, 1.82) is 0 Å². The van der Waals surface area contributed by atoms with Crippen LogP contribution in [0.1, 0.15) is 17.5 Å². The van der Waals surface area contributed by atoms with E-state index < -0.39 is 0 Å². The molecule has 0 spiro atoms. The number of ether oxygens (including phenoxy) is 2. The number of hydrogen-bond acceptors (Lipinski definition) is 4. The standard InChI is InChI=1S/C17H21NO3/c1-20-16-8-4-13(5-9-16)3-7-15(19)11-14-6-10-17(21-2)18-12-14/h4-6,8-10,12,15,19H,3,7,11H2,1-2H3. The van der Waals surface area contributed by atoms with E-state index in [9.17, 15) is 5.11 Å². The second-order valence-corrected chi connectivity index (χ2v) is 4.95. The van der Waals surface area contributed by atoms with Gasteiger partial charge in [0.05, 0.1) is 20.3 Å². The van der Waals surface area contributed by atoms with E-state index in [2.05, 4.69) is 4.98 Å². The summed E-state index contributed by atoms with van der Waals surface area (Å²) in [5.74, 6) is 1.44. The molecule has 0 fully saturated rings. The molecule has 1 N–H and O–H groups in total. The van der Waals surface area contributed by atoms with Gasteiger partial charge in [0.1, 0.15) is 5.75 Å². The molecule has 1 atom stereocenters. The van der Waals surface area contributed by atoms with Crippen molar-refractivity contribution in [1.82, 2.24) is 4.98 Å². The Morgan fingerprint density at radius 3 is 2.29 bits per heavy atom. The third-order valence-corrected chi connectivity index (χ3v) is 3.40. The number of pyridine rings is 1. The van der Waals surface area contributed by atoms with Crippen molar-refractivity contribution in [2.75, 3.05) is 14.2 Å². The van der Waals surface area contributed by atoms with Gasteiger partial charge in [-0.05, 0) is 42.5 Å². The van der Waals surface area contributed by atoms with Crippen LogP contribution in [-0.4, -0.2) is 30.4 Å². The van der Waals surface area contributed by atoms with Crippen molar-refractivity contribution in [3.8, 4) is 11.6 Å². The van der Waals surface area contributed by atoms with Crippen LogP contribution in [-0.2, 0) is 12.8 Å². The first-order valence-corrected chi connectivity index (χ1v) is 7.01. The summed E-state index contributed by atoms with van der Waals surface area (Å²) < 4.78 is 10.1. The van der Waals surface area contributed by atoms with Gasteiger partial charge >= 0.3 is 0 Å². The number of aromatic nitrogens is 1. The van der Waals surface area contributed by atoms with Gasteiger partial charge in [0.25, 0.3) is 0 Å². The lowest BCUT2D eigenvalue weighted by atomic mass is 10.0. The molecular weight excluding hydrogens is 266 g/mol. The Bertz CT molecular complexity index is 537. The number of aliphatic hydroxyl groups is 1. The molecule has 112 valence electrons. The summed E-state index contributed by atoms with van der Waals surface area (Å²) >= 11 is 0. The molecule has 0 aliphatic heterocycles. The minimum absolute atomic E-state index is 0.373. The van der Waals surface area contributed by atoms with Crippen LogP contribution in [0.5, 0.6) is 11.6 Å². The summed E-state index contributed by atoms with van der Waals surface area (Å²) in [6, 6.07) is 11.7. The Hall–Kier alpha value is -2.07. The van der Waals surface area contributed by atoms with Crippen LogP contribution in [0, 0.1) is 0 Å². The first kappa shape index (κ1) is 15.3. The molecule has 0 saturated heterocycles. The van der Waals surface area contributed by atoms with Crippen molar-refractivity contribution < 1.29 is 14.6 Å². The lowest BCUT2D eigenvalue weighted by Gasteiger charge is -2.11. The van der Waals surface area contributed by atoms with E-state index in [1.807, 2.05) is 36.4 Å². The highest BCUT2D eigenvalue weighted by Gasteiger charge is 2.07. The maximum absolute atomic E-state index is 10.1. The number of aryl methyl sites for hydroxylation is 1. The third-order valence-electron chi connectivity index (χ3n) is 3.40. The lowest BCUT2D eigenvalue weighted by Crippen LogP contribution is -2.11. The Labute approximate surface area is 125 Å². The van der Waals surface area contributed by atoms with Gasteiger partial charge in [0.2, 0.25) is 5.88 Å². The maximum Gasteiger partial charge on any atom is 0.212 e. The molecule has 4 heteroatoms. The number of hydrogen-bond donors (Lipinski definition) is 1. The van der Waals surface area contributed by atoms with Gasteiger partial charge in [-0.25, -0.2) is 4.98 Å². The van der Waals surface area contributed by atoms with Crippen LogP contribution in [0.3, 0.4) is 0 Å². The van der Waals surface area contributed by atoms with Gasteiger partial charge in [-0.15, -0.1) is 0 Å². The fourth-order valence-electron chi connectivity index (χ4n) is 2.15. The van der Waals surface area contributed by atoms with Gasteiger partial charge in [-0.1, -0.05) is 18.2 Å². The average molecular weight is 287 g/mol. The molecule has 0 aliphatic rings. The summed E-state index contributed by atoms with van der Waals surface area (Å²) in [5.41, 5.74) is 2.21. The normalized spacial score (nSPS) is 12.0. The van der Waals surface area contributed by atoms with Crippen molar-refractivity contribution in [3.05, 3.63) is 53.7 Å². The SMILES string of the molecule is COc1ccc(CCC(O)Cc2ccc(OC)nc2)cc1. The summed E-state index contributed by atoms with van der Waals surface area (Å²) in [5, 5.41) is 10.1. The fourth-order valence-corrected chi connectivity index (χ4v) is 2.15. The molecule has 0 saturated carbocycles. The van der Waals surface area contributed by atoms with E-state index in [-0.39, 0.29) is 6.10 Å². The molecule has 2 rings (SSSR count). The van der Waals surface area contributed by atoms with Crippen LogP contribution in [0.25, 0.3) is 0 Å². The number of methoxy groups -OCH3 is 2. The van der Waals surface area contributed by atoms with Crippen molar-refractivity contribution >= 4 is 0 Å². The highest BCUT2D eigenvalue weighted by molar-refractivity contribution is 5.27. The Morgan fingerprint density at radius 2 is 1.71 bits per heavy atom. The lowest BCUT2D eigenvalue weighted by molar-refractivity contribution is 0.165. The molecule has 1 aromatic carbocycles. The Balaban J connectivity index is 1.81. The molecule has 0 bridgehead atoms. The quantitative estimate of drug-likeness (QED) is 0.850. The highest BCUT2D eigenvalue weighted by Crippen LogP contribution is 2.15. The molecule has 0 aliphatic carbocycles. The van der Waals surface area contributed by atoms with Gasteiger partial charge in [-0.2, -0.15) is 0 Å². The minimum atomic E-state index is -0.373. The highest BCUT2D eigenvalue weighted by atomic mass is 16.5. The van der Waals surface area contributed by atoms with Crippen LogP contribution in [0.2, 0.25) is 0 Å². The second kappa shape index (κ2) is 7.64. The summed E-state index contributed by atoms with van der Waals surface area (Å²) in [7, 11) is 3.24. The molecule has 0 radical (unpaired) electrons. The van der Waals surface area contributed by atoms with Gasteiger partial charge in [0, 0.05) is 12.3 Å². The number of aliphatic hydroxyl groups excluding tert-OH is 1. The molecule has 1 aromatic heterocycles. The van der Waals surface area contributed by atoms with E-state index in [0.717, 1.165) is 24.2 Å². The fraction of sp³-hybridized carbons (Fsp3) is 0.353. The number of benzene rings is 1. The number of nitrogens with zero attached hydrogens (tertiary/aromatic N) is 1. The zero-order valence-corrected chi connectivity index (χ0v) is 12.5. The largest absolute Gasteiger partial charge is 0.497 e. The second-order valence-electron chi connectivity index (χ2n) is 4.95. The summed E-state index contributed by atoms with van der Waals surface area (Å²) in [6.07, 6.45) is 3.54. The van der Waals surface area contributed by atoms with E-state index in [1.165, 1.54) is 5.56 Å². The summed E-state index contributed by atoms with van der Waals surface area (Å²) in [4.78, 5) is 4.14. The van der Waals surface area contributed by atoms with Gasteiger partial charge < -0.3 is 14.6 Å². The van der Waals surface area contributed by atoms with Crippen LogP contribution in [0.15, 0.2) is 42.6 Å².